The molecule has 2 fully saturated rings. The minimum Gasteiger partial charge on any atom is -0.484 e. The van der Waals surface area contributed by atoms with Gasteiger partial charge < -0.3 is 14.8 Å². The van der Waals surface area contributed by atoms with Gasteiger partial charge in [0, 0.05) is 10.9 Å². The molecule has 2 saturated heterocycles. The SMILES string of the molecule is CC(C)[C@@H]1C[C@H](c2ccccc2Cl)CO[C@H]1c1cccc(OCC(=O)N[C@@]2(C)CCS(=O)(=O)C2)c1. The third kappa shape index (κ3) is 6.38. The smallest absolute Gasteiger partial charge is 0.258 e. The van der Waals surface area contributed by atoms with E-state index in [2.05, 4.69) is 25.2 Å². The first-order valence-electron chi connectivity index (χ1n) is 12.2. The van der Waals surface area contributed by atoms with E-state index in [4.69, 9.17) is 21.1 Å². The van der Waals surface area contributed by atoms with Crippen LogP contribution in [0.3, 0.4) is 0 Å². The van der Waals surface area contributed by atoms with E-state index in [-0.39, 0.29) is 36.0 Å². The average Bonchev–Trinajstić information content (AvgIpc) is 3.10. The lowest BCUT2D eigenvalue weighted by molar-refractivity contribution is -0.124. The van der Waals surface area contributed by atoms with Crippen LogP contribution in [0.1, 0.15) is 56.8 Å². The molecule has 2 aromatic rings. The van der Waals surface area contributed by atoms with Crippen LogP contribution in [0, 0.1) is 11.8 Å². The molecule has 2 aliphatic rings. The number of carbonyl (C=O) groups excluding carboxylic acids is 1. The number of rotatable bonds is 7. The Morgan fingerprint density at radius 3 is 2.69 bits per heavy atom. The molecule has 4 atom stereocenters. The maximum Gasteiger partial charge on any atom is 0.258 e. The van der Waals surface area contributed by atoms with E-state index in [1.165, 1.54) is 0 Å². The number of halogens is 1. The molecule has 1 amide bonds. The summed E-state index contributed by atoms with van der Waals surface area (Å²) >= 11 is 6.46. The van der Waals surface area contributed by atoms with E-state index in [0.29, 0.717) is 30.6 Å². The van der Waals surface area contributed by atoms with E-state index in [9.17, 15) is 13.2 Å². The molecule has 4 rings (SSSR count). The quantitative estimate of drug-likeness (QED) is 0.561. The van der Waals surface area contributed by atoms with E-state index in [0.717, 1.165) is 22.6 Å². The van der Waals surface area contributed by atoms with Crippen molar-refractivity contribution in [1.82, 2.24) is 5.32 Å². The van der Waals surface area contributed by atoms with Crippen molar-refractivity contribution in [1.29, 1.82) is 0 Å². The molecule has 2 aliphatic heterocycles. The van der Waals surface area contributed by atoms with Crippen molar-refractivity contribution in [2.75, 3.05) is 24.7 Å². The van der Waals surface area contributed by atoms with Gasteiger partial charge in [-0.25, -0.2) is 8.42 Å². The maximum atomic E-state index is 12.4. The van der Waals surface area contributed by atoms with Gasteiger partial charge in [0.25, 0.3) is 5.91 Å². The summed E-state index contributed by atoms with van der Waals surface area (Å²) in [5, 5.41) is 3.61. The predicted molar refractivity (Wildman–Crippen MR) is 138 cm³/mol. The molecule has 0 aliphatic carbocycles. The fourth-order valence-corrected chi connectivity index (χ4v) is 7.65. The Labute approximate surface area is 213 Å². The summed E-state index contributed by atoms with van der Waals surface area (Å²) in [4.78, 5) is 12.4. The molecule has 8 heteroatoms. The topological polar surface area (TPSA) is 81.7 Å². The fraction of sp³-hybridized carbons (Fsp3) is 0.519. The zero-order chi connectivity index (χ0) is 25.2. The highest BCUT2D eigenvalue weighted by molar-refractivity contribution is 7.91. The highest BCUT2D eigenvalue weighted by atomic mass is 35.5. The van der Waals surface area contributed by atoms with Crippen LogP contribution < -0.4 is 10.1 Å². The molecule has 2 heterocycles. The summed E-state index contributed by atoms with van der Waals surface area (Å²) < 4.78 is 35.8. The second kappa shape index (κ2) is 10.5. The minimum atomic E-state index is -3.10. The van der Waals surface area contributed by atoms with Gasteiger partial charge in [0.1, 0.15) is 5.75 Å². The van der Waals surface area contributed by atoms with Gasteiger partial charge in [0.2, 0.25) is 0 Å². The summed E-state index contributed by atoms with van der Waals surface area (Å²) in [5.41, 5.74) is 1.41. The van der Waals surface area contributed by atoms with Crippen LogP contribution in [0.15, 0.2) is 48.5 Å². The zero-order valence-electron chi connectivity index (χ0n) is 20.5. The molecule has 0 unspecified atom stereocenters. The molecule has 0 spiro atoms. The van der Waals surface area contributed by atoms with E-state index in [1.807, 2.05) is 42.5 Å². The van der Waals surface area contributed by atoms with Gasteiger partial charge in [-0.05, 0) is 60.9 Å². The lowest BCUT2D eigenvalue weighted by Gasteiger charge is -2.39. The molecule has 0 bridgehead atoms. The molecular weight excluding hydrogens is 486 g/mol. The van der Waals surface area contributed by atoms with Crippen molar-refractivity contribution in [3.63, 3.8) is 0 Å². The van der Waals surface area contributed by atoms with Gasteiger partial charge in [-0.3, -0.25) is 4.79 Å². The third-order valence-electron chi connectivity index (χ3n) is 7.12. The number of carbonyl (C=O) groups is 1. The first-order valence-corrected chi connectivity index (χ1v) is 14.4. The first-order chi connectivity index (χ1) is 16.6. The third-order valence-corrected chi connectivity index (χ3v) is 9.37. The standard InChI is InChI=1S/C27H34ClNO5S/c1-18(2)23-14-20(22-9-4-5-10-24(22)28)15-34-26(23)19-7-6-8-21(13-19)33-16-25(30)29-27(3)11-12-35(31,32)17-27/h4-10,13,18,20,23,26H,11-12,14-17H2,1-3H3,(H,29,30)/t20-,23-,26-,27-/m0/s1. The van der Waals surface area contributed by atoms with Crippen molar-refractivity contribution in [2.45, 2.75) is 51.2 Å². The summed E-state index contributed by atoms with van der Waals surface area (Å²) in [5.74, 6) is 1.27. The summed E-state index contributed by atoms with van der Waals surface area (Å²) in [6, 6.07) is 15.7. The Morgan fingerprint density at radius 2 is 2.00 bits per heavy atom. The molecule has 0 aromatic heterocycles. The Morgan fingerprint density at radius 1 is 1.23 bits per heavy atom. The van der Waals surface area contributed by atoms with E-state index >= 15 is 0 Å². The van der Waals surface area contributed by atoms with E-state index < -0.39 is 15.4 Å². The molecule has 190 valence electrons. The van der Waals surface area contributed by atoms with Crippen LogP contribution in [0.25, 0.3) is 0 Å². The van der Waals surface area contributed by atoms with E-state index in [1.54, 1.807) is 6.92 Å². The zero-order valence-corrected chi connectivity index (χ0v) is 22.1. The van der Waals surface area contributed by atoms with Gasteiger partial charge in [-0.2, -0.15) is 0 Å². The molecule has 1 N–H and O–H groups in total. The summed E-state index contributed by atoms with van der Waals surface area (Å²) in [7, 11) is -3.10. The molecule has 6 nitrogen and oxygen atoms in total. The number of amides is 1. The summed E-state index contributed by atoms with van der Waals surface area (Å²) in [6.07, 6.45) is 1.32. The number of benzene rings is 2. The van der Waals surface area contributed by atoms with Crippen LogP contribution in [-0.4, -0.2) is 44.6 Å². The van der Waals surface area contributed by atoms with Crippen molar-refractivity contribution in [2.24, 2.45) is 11.8 Å². The average molecular weight is 520 g/mol. The maximum absolute atomic E-state index is 12.4. The summed E-state index contributed by atoms with van der Waals surface area (Å²) in [6.45, 7) is 6.60. The lowest BCUT2D eigenvalue weighted by Crippen LogP contribution is -2.48. The van der Waals surface area contributed by atoms with Crippen molar-refractivity contribution < 1.29 is 22.7 Å². The van der Waals surface area contributed by atoms with Crippen LogP contribution in [-0.2, 0) is 19.4 Å². The predicted octanol–water partition coefficient (Wildman–Crippen LogP) is 4.93. The van der Waals surface area contributed by atoms with Gasteiger partial charge in [0.05, 0.1) is 29.8 Å². The van der Waals surface area contributed by atoms with Gasteiger partial charge in [-0.1, -0.05) is 55.8 Å². The fourth-order valence-electron chi connectivity index (χ4n) is 5.26. The Hall–Kier alpha value is -2.09. The van der Waals surface area contributed by atoms with Crippen LogP contribution in [0.2, 0.25) is 5.02 Å². The van der Waals surface area contributed by atoms with Crippen LogP contribution in [0.5, 0.6) is 5.75 Å². The molecular formula is C27H34ClNO5S. The number of sulfone groups is 1. The van der Waals surface area contributed by atoms with Crippen molar-refractivity contribution in [3.8, 4) is 5.75 Å². The number of nitrogens with one attached hydrogen (secondary N) is 1. The number of hydrogen-bond donors (Lipinski definition) is 1. The van der Waals surface area contributed by atoms with Gasteiger partial charge in [0.15, 0.2) is 16.4 Å². The highest BCUT2D eigenvalue weighted by Crippen LogP contribution is 2.45. The Balaban J connectivity index is 1.40. The highest BCUT2D eigenvalue weighted by Gasteiger charge is 2.39. The van der Waals surface area contributed by atoms with Crippen LogP contribution in [0.4, 0.5) is 0 Å². The van der Waals surface area contributed by atoms with Crippen LogP contribution >= 0.6 is 11.6 Å². The van der Waals surface area contributed by atoms with Crippen molar-refractivity contribution >= 4 is 27.3 Å². The lowest BCUT2D eigenvalue weighted by atomic mass is 9.76. The van der Waals surface area contributed by atoms with Gasteiger partial charge in [-0.15, -0.1) is 0 Å². The first kappa shape index (κ1) is 26.0. The van der Waals surface area contributed by atoms with Gasteiger partial charge >= 0.3 is 0 Å². The molecule has 0 radical (unpaired) electrons. The molecule has 35 heavy (non-hydrogen) atoms. The second-order valence-electron chi connectivity index (χ2n) is 10.4. The monoisotopic (exact) mass is 519 g/mol. The number of ether oxygens (including phenoxy) is 2. The Kier molecular flexibility index (Phi) is 7.79. The minimum absolute atomic E-state index is 0.0357. The van der Waals surface area contributed by atoms with Crippen molar-refractivity contribution in [3.05, 3.63) is 64.7 Å². The largest absolute Gasteiger partial charge is 0.484 e. The second-order valence-corrected chi connectivity index (χ2v) is 13.0. The Bertz CT molecular complexity index is 1170. The normalized spacial score (nSPS) is 28.1. The number of hydrogen-bond acceptors (Lipinski definition) is 5. The molecule has 2 aromatic carbocycles. The molecule has 0 saturated carbocycles.